The maximum absolute atomic E-state index is 12.6. The summed E-state index contributed by atoms with van der Waals surface area (Å²) in [4.78, 5) is 27.2. The summed E-state index contributed by atoms with van der Waals surface area (Å²) in [6.07, 6.45) is 8.04. The fraction of sp³-hybridized carbons (Fsp3) is 0.333. The number of aliphatic hydroxyl groups excluding tert-OH is 1. The van der Waals surface area contributed by atoms with E-state index in [0.717, 1.165) is 29.5 Å². The summed E-state index contributed by atoms with van der Waals surface area (Å²) >= 11 is 1.27. The molecule has 0 aromatic carbocycles. The number of hydrogen-bond acceptors (Lipinski definition) is 4. The normalized spacial score (nSPS) is 15.2. The van der Waals surface area contributed by atoms with E-state index < -0.39 is 5.91 Å². The number of thiophene rings is 1. The lowest BCUT2D eigenvalue weighted by Gasteiger charge is -2.14. The van der Waals surface area contributed by atoms with Gasteiger partial charge < -0.3 is 20.4 Å². The number of pyridine rings is 1. The van der Waals surface area contributed by atoms with Crippen LogP contribution in [0.4, 0.5) is 0 Å². The molecule has 4 rings (SSSR count). The van der Waals surface area contributed by atoms with Crippen LogP contribution in [0.5, 0.6) is 0 Å². The predicted octanol–water partition coefficient (Wildman–Crippen LogP) is 2.76. The molecule has 3 aromatic rings. The van der Waals surface area contributed by atoms with E-state index in [2.05, 4.69) is 9.55 Å². The summed E-state index contributed by atoms with van der Waals surface area (Å²) < 4.78 is 2.14. The van der Waals surface area contributed by atoms with Crippen molar-refractivity contribution in [3.05, 3.63) is 44.6 Å². The second-order valence-electron chi connectivity index (χ2n) is 6.48. The maximum atomic E-state index is 12.6. The molecule has 6 nitrogen and oxygen atoms in total. The van der Waals surface area contributed by atoms with Crippen molar-refractivity contribution in [2.45, 2.75) is 38.3 Å². The molecule has 1 aliphatic carbocycles. The van der Waals surface area contributed by atoms with Crippen molar-refractivity contribution < 1.29 is 9.90 Å². The monoisotopic (exact) mass is 357 g/mol. The molecule has 7 heteroatoms. The number of fused-ring (bicyclic) bond motifs is 1. The Morgan fingerprint density at radius 1 is 1.40 bits per heavy atom. The van der Waals surface area contributed by atoms with Crippen LogP contribution >= 0.6 is 11.3 Å². The van der Waals surface area contributed by atoms with Crippen LogP contribution in [0, 0.1) is 0 Å². The number of hydrogen-bond donors (Lipinski definition) is 3. The summed E-state index contributed by atoms with van der Waals surface area (Å²) in [7, 11) is 0. The SMILES string of the molecule is NC(=O)c1cc(-c2cn(C3CCCC3)c3c(CO)c[nH]c(=O)c23)cs1. The Kier molecular flexibility index (Phi) is 3.97. The molecule has 130 valence electrons. The van der Waals surface area contributed by atoms with E-state index in [0.29, 0.717) is 21.9 Å². The fourth-order valence-electron chi connectivity index (χ4n) is 3.79. The second kappa shape index (κ2) is 6.16. The van der Waals surface area contributed by atoms with E-state index >= 15 is 0 Å². The van der Waals surface area contributed by atoms with E-state index in [1.54, 1.807) is 12.3 Å². The number of rotatable bonds is 4. The number of nitrogens with zero attached hydrogens (tertiary/aromatic N) is 1. The van der Waals surface area contributed by atoms with Crippen molar-refractivity contribution in [1.82, 2.24) is 9.55 Å². The number of carbonyl (C=O) groups is 1. The third-order valence-corrected chi connectivity index (χ3v) is 5.93. The minimum Gasteiger partial charge on any atom is -0.392 e. The van der Waals surface area contributed by atoms with Gasteiger partial charge in [0.1, 0.15) is 0 Å². The highest BCUT2D eigenvalue weighted by Gasteiger charge is 2.24. The Hall–Kier alpha value is -2.38. The standard InChI is InChI=1S/C18H19N3O3S/c19-17(23)14-5-10(9-25-14)13-7-21(12-3-1-2-4-12)16-11(8-22)6-20-18(24)15(13)16/h5-7,9,12,22H,1-4,8H2,(H2,19,23)(H,20,24). The van der Waals surface area contributed by atoms with E-state index in [1.165, 1.54) is 24.2 Å². The largest absolute Gasteiger partial charge is 0.392 e. The highest BCUT2D eigenvalue weighted by atomic mass is 32.1. The number of aromatic amines is 1. The number of aromatic nitrogens is 2. The quantitative estimate of drug-likeness (QED) is 0.669. The Morgan fingerprint density at radius 2 is 2.16 bits per heavy atom. The summed E-state index contributed by atoms with van der Waals surface area (Å²) in [5.74, 6) is -0.472. The number of nitrogens with one attached hydrogen (secondary N) is 1. The van der Waals surface area contributed by atoms with Crippen LogP contribution in [0.1, 0.15) is 47.0 Å². The summed E-state index contributed by atoms with van der Waals surface area (Å²) in [6, 6.07) is 2.06. The number of amides is 1. The molecule has 1 fully saturated rings. The van der Waals surface area contributed by atoms with Crippen molar-refractivity contribution in [3.8, 4) is 11.1 Å². The zero-order chi connectivity index (χ0) is 17.6. The molecule has 3 heterocycles. The van der Waals surface area contributed by atoms with E-state index in [4.69, 9.17) is 5.73 Å². The summed E-state index contributed by atoms with van der Waals surface area (Å²) in [5, 5.41) is 12.2. The van der Waals surface area contributed by atoms with Gasteiger partial charge in [-0.05, 0) is 29.9 Å². The zero-order valence-corrected chi connectivity index (χ0v) is 14.4. The lowest BCUT2D eigenvalue weighted by atomic mass is 10.1. The maximum Gasteiger partial charge on any atom is 0.258 e. The molecule has 0 spiro atoms. The van der Waals surface area contributed by atoms with Crippen molar-refractivity contribution in [1.29, 1.82) is 0 Å². The molecule has 0 radical (unpaired) electrons. The molecule has 0 atom stereocenters. The smallest absolute Gasteiger partial charge is 0.258 e. The molecule has 25 heavy (non-hydrogen) atoms. The minimum atomic E-state index is -0.472. The molecule has 0 aliphatic heterocycles. The van der Waals surface area contributed by atoms with Gasteiger partial charge in [-0.2, -0.15) is 0 Å². The minimum absolute atomic E-state index is 0.139. The number of aliphatic hydroxyl groups is 1. The van der Waals surface area contributed by atoms with Gasteiger partial charge in [0.25, 0.3) is 11.5 Å². The Labute approximate surface area is 147 Å². The number of nitrogens with two attached hydrogens (primary N) is 1. The Bertz CT molecular complexity index is 1010. The molecule has 0 unspecified atom stereocenters. The van der Waals surface area contributed by atoms with Crippen molar-refractivity contribution in [2.75, 3.05) is 0 Å². The average Bonchev–Trinajstić information content (AvgIpc) is 3.33. The van der Waals surface area contributed by atoms with Gasteiger partial charge in [-0.1, -0.05) is 12.8 Å². The number of H-pyrrole nitrogens is 1. The third-order valence-electron chi connectivity index (χ3n) is 4.98. The lowest BCUT2D eigenvalue weighted by molar-refractivity contribution is 0.100. The molecule has 0 bridgehead atoms. The first-order chi connectivity index (χ1) is 12.1. The first-order valence-corrected chi connectivity index (χ1v) is 9.22. The van der Waals surface area contributed by atoms with Crippen LogP contribution in [-0.4, -0.2) is 20.6 Å². The van der Waals surface area contributed by atoms with Crippen LogP contribution < -0.4 is 11.3 Å². The van der Waals surface area contributed by atoms with Gasteiger partial charge in [0.15, 0.2) is 0 Å². The van der Waals surface area contributed by atoms with Gasteiger partial charge in [-0.3, -0.25) is 9.59 Å². The van der Waals surface area contributed by atoms with Crippen LogP contribution in [0.15, 0.2) is 28.6 Å². The van der Waals surface area contributed by atoms with Crippen LogP contribution in [0.25, 0.3) is 22.0 Å². The molecular weight excluding hydrogens is 338 g/mol. The number of primary amides is 1. The van der Waals surface area contributed by atoms with Crippen LogP contribution in [0.2, 0.25) is 0 Å². The fourth-order valence-corrected chi connectivity index (χ4v) is 4.55. The van der Waals surface area contributed by atoms with Gasteiger partial charge in [0.2, 0.25) is 0 Å². The van der Waals surface area contributed by atoms with Crippen LogP contribution in [-0.2, 0) is 6.61 Å². The molecule has 3 aromatic heterocycles. The Morgan fingerprint density at radius 3 is 2.80 bits per heavy atom. The first-order valence-electron chi connectivity index (χ1n) is 8.35. The average molecular weight is 357 g/mol. The van der Waals surface area contributed by atoms with Crippen molar-refractivity contribution in [3.63, 3.8) is 0 Å². The van der Waals surface area contributed by atoms with E-state index in [1.807, 2.05) is 11.6 Å². The summed E-state index contributed by atoms with van der Waals surface area (Å²) in [6.45, 7) is -0.139. The molecule has 1 saturated carbocycles. The van der Waals surface area contributed by atoms with Gasteiger partial charge in [-0.15, -0.1) is 11.3 Å². The van der Waals surface area contributed by atoms with E-state index in [-0.39, 0.29) is 12.2 Å². The molecule has 1 aliphatic rings. The van der Waals surface area contributed by atoms with Crippen molar-refractivity contribution >= 4 is 28.1 Å². The highest BCUT2D eigenvalue weighted by molar-refractivity contribution is 7.12. The molecular formula is C18H19N3O3S. The van der Waals surface area contributed by atoms with E-state index in [9.17, 15) is 14.7 Å². The molecule has 1 amide bonds. The highest BCUT2D eigenvalue weighted by Crippen LogP contribution is 2.38. The topological polar surface area (TPSA) is 101 Å². The van der Waals surface area contributed by atoms with Gasteiger partial charge in [0.05, 0.1) is 22.4 Å². The second-order valence-corrected chi connectivity index (χ2v) is 7.39. The zero-order valence-electron chi connectivity index (χ0n) is 13.6. The Balaban J connectivity index is 2.00. The molecule has 0 saturated heterocycles. The third kappa shape index (κ3) is 2.60. The van der Waals surface area contributed by atoms with Crippen LogP contribution in [0.3, 0.4) is 0 Å². The summed E-state index contributed by atoms with van der Waals surface area (Å²) in [5.41, 5.74) is 8.26. The van der Waals surface area contributed by atoms with Crippen molar-refractivity contribution in [2.24, 2.45) is 5.73 Å². The van der Waals surface area contributed by atoms with Gasteiger partial charge in [0, 0.05) is 29.6 Å². The lowest BCUT2D eigenvalue weighted by Crippen LogP contribution is -2.10. The predicted molar refractivity (Wildman–Crippen MR) is 97.8 cm³/mol. The van der Waals surface area contributed by atoms with Gasteiger partial charge in [-0.25, -0.2) is 0 Å². The molecule has 4 N–H and O–H groups in total. The van der Waals surface area contributed by atoms with Gasteiger partial charge >= 0.3 is 0 Å². The number of carbonyl (C=O) groups excluding carboxylic acids is 1. The first kappa shape index (κ1) is 16.1.